The second-order valence-corrected chi connectivity index (χ2v) is 15.9. The van der Waals surface area contributed by atoms with Gasteiger partial charge in [-0.05, 0) is 0 Å². The summed E-state index contributed by atoms with van der Waals surface area (Å²) < 4.78 is 0. The molecule has 0 rings (SSSR count). The molecule has 0 saturated heterocycles. The number of hydrogen-bond donors (Lipinski definition) is 0. The Morgan fingerprint density at radius 3 is 0.781 bits per heavy atom. The van der Waals surface area contributed by atoms with E-state index >= 15 is 0 Å². The molecule has 0 aromatic carbocycles. The predicted molar refractivity (Wildman–Crippen MR) is 162 cm³/mol. The van der Waals surface area contributed by atoms with Crippen LogP contribution in [-0.4, -0.2) is 24.6 Å². The predicted octanol–water partition coefficient (Wildman–Crippen LogP) is 12.0. The average Bonchev–Trinajstić information content (AvgIpc) is 2.79. The monoisotopic (exact) mass is 536 g/mol. The second-order valence-electron chi connectivity index (χ2n) is 10.9. The van der Waals surface area contributed by atoms with Crippen LogP contribution in [-0.2, 0) is 0 Å². The summed E-state index contributed by atoms with van der Waals surface area (Å²) in [7, 11) is -0.966. The summed E-state index contributed by atoms with van der Waals surface area (Å²) in [5, 5.41) is 0. The fourth-order valence-corrected chi connectivity index (χ4v) is 11.3. The zero-order valence-corrected chi connectivity index (χ0v) is 26.0. The summed E-state index contributed by atoms with van der Waals surface area (Å²) in [5.41, 5.74) is 0. The summed E-state index contributed by atoms with van der Waals surface area (Å²) >= 11 is 0. The molecule has 0 aliphatic carbocycles. The van der Waals surface area contributed by atoms with Gasteiger partial charge >= 0.3 is 162 Å². The van der Waals surface area contributed by atoms with E-state index in [1.807, 2.05) is 0 Å². The number of halogens is 1. The van der Waals surface area contributed by atoms with Gasteiger partial charge in [0.15, 0.2) is 0 Å². The minimum atomic E-state index is -0.966. The Morgan fingerprint density at radius 2 is 0.500 bits per heavy atom. The first kappa shape index (κ1) is 35.1. The Balaban J connectivity index is 0. The molecule has 32 heavy (non-hydrogen) atoms. The Labute approximate surface area is 217 Å². The van der Waals surface area contributed by atoms with E-state index in [0.29, 0.717) is 0 Å². The van der Waals surface area contributed by atoms with Gasteiger partial charge in [-0.1, -0.05) is 39.0 Å². The third kappa shape index (κ3) is 22.7. The molecule has 0 heterocycles. The average molecular weight is 538 g/mol. The maximum absolute atomic E-state index is 2.40. The molecule has 0 nitrogen and oxygen atoms in total. The van der Waals surface area contributed by atoms with Crippen molar-refractivity contribution >= 4 is 24.2 Å². The zero-order chi connectivity index (χ0) is 22.9. The van der Waals surface area contributed by atoms with E-state index in [-0.39, 0.29) is 17.0 Å². The van der Waals surface area contributed by atoms with Crippen LogP contribution in [0.4, 0.5) is 0 Å². The summed E-state index contributed by atoms with van der Waals surface area (Å²) in [6, 6.07) is 0. The molecule has 0 radical (unpaired) electrons. The van der Waals surface area contributed by atoms with E-state index in [1.165, 1.54) is 135 Å². The molecule has 198 valence electrons. The molecular weight excluding hydrogens is 471 g/mol. The van der Waals surface area contributed by atoms with Crippen LogP contribution < -0.4 is 0 Å². The van der Waals surface area contributed by atoms with Gasteiger partial charge in [0.2, 0.25) is 0 Å². The first-order valence-electron chi connectivity index (χ1n) is 15.2. The van der Waals surface area contributed by atoms with Crippen LogP contribution in [0, 0.1) is 0 Å². The third-order valence-corrected chi connectivity index (χ3v) is 13.4. The van der Waals surface area contributed by atoms with Crippen molar-refractivity contribution < 1.29 is 0 Å². The van der Waals surface area contributed by atoms with Crippen molar-refractivity contribution in [2.75, 3.05) is 24.6 Å². The fourth-order valence-electron chi connectivity index (χ4n) is 5.45. The summed E-state index contributed by atoms with van der Waals surface area (Å²) in [6.45, 7) is 9.50. The van der Waals surface area contributed by atoms with Crippen molar-refractivity contribution in [3.63, 3.8) is 0 Å². The third-order valence-electron chi connectivity index (χ3n) is 7.74. The molecule has 0 aromatic heterocycles. The van der Waals surface area contributed by atoms with Crippen LogP contribution in [0.25, 0.3) is 0 Å². The van der Waals surface area contributed by atoms with Crippen molar-refractivity contribution in [3.8, 4) is 0 Å². The molecular formula is C30H66BrP. The van der Waals surface area contributed by atoms with Crippen LogP contribution in [0.15, 0.2) is 0 Å². The standard InChI is InChI=1S/C30H65P.BrH/c1-5-9-13-14-15-16-17-18-19-20-21-22-23-24-25-26-30-31(27-10-6-2,28-11-7-3)29-12-8-4;/h31H,5-30H2,1-4H3;1H. The molecule has 2 heteroatoms. The SMILES string of the molecule is Br.CCCCCCCCCCCCCCCCCC[PH](CCCC)(CCCC)CCCC. The van der Waals surface area contributed by atoms with E-state index < -0.39 is 7.26 Å². The van der Waals surface area contributed by atoms with Gasteiger partial charge in [0, 0.05) is 0 Å². The molecule has 0 N–H and O–H groups in total. The summed E-state index contributed by atoms with van der Waals surface area (Å²) in [6.07, 6.45) is 39.2. The Morgan fingerprint density at radius 1 is 0.281 bits per heavy atom. The first-order chi connectivity index (χ1) is 15.2. The van der Waals surface area contributed by atoms with Gasteiger partial charge in [-0.25, -0.2) is 0 Å². The summed E-state index contributed by atoms with van der Waals surface area (Å²) in [4.78, 5) is 0. The van der Waals surface area contributed by atoms with Crippen molar-refractivity contribution in [3.05, 3.63) is 0 Å². The van der Waals surface area contributed by atoms with Crippen LogP contribution in [0.1, 0.15) is 169 Å². The van der Waals surface area contributed by atoms with Gasteiger partial charge in [-0.3, -0.25) is 0 Å². The first-order valence-corrected chi connectivity index (χ1v) is 18.1. The Bertz CT molecular complexity index is 309. The van der Waals surface area contributed by atoms with Crippen molar-refractivity contribution in [2.45, 2.75) is 169 Å². The molecule has 0 aliphatic rings. The normalized spacial score (nSPS) is 12.1. The van der Waals surface area contributed by atoms with E-state index in [9.17, 15) is 0 Å². The van der Waals surface area contributed by atoms with Crippen molar-refractivity contribution in [1.29, 1.82) is 0 Å². The second kappa shape index (κ2) is 28.1. The van der Waals surface area contributed by atoms with E-state index in [1.54, 1.807) is 31.1 Å². The molecule has 0 aliphatic heterocycles. The van der Waals surface area contributed by atoms with Crippen LogP contribution in [0.3, 0.4) is 0 Å². The van der Waals surface area contributed by atoms with Crippen LogP contribution in [0.2, 0.25) is 0 Å². The van der Waals surface area contributed by atoms with Gasteiger partial charge in [0.25, 0.3) is 0 Å². The van der Waals surface area contributed by atoms with Gasteiger partial charge in [-0.2, -0.15) is 0 Å². The van der Waals surface area contributed by atoms with Gasteiger partial charge in [0.05, 0.1) is 0 Å². The van der Waals surface area contributed by atoms with E-state index in [4.69, 9.17) is 0 Å². The van der Waals surface area contributed by atoms with Crippen LogP contribution >= 0.6 is 24.2 Å². The molecule has 0 amide bonds. The minimum absolute atomic E-state index is 0. The molecule has 0 aromatic rings. The Hall–Kier alpha value is 0.910. The number of rotatable bonds is 26. The fraction of sp³-hybridized carbons (Fsp3) is 1.00. The number of unbranched alkanes of at least 4 members (excludes halogenated alkanes) is 18. The number of hydrogen-bond acceptors (Lipinski definition) is 0. The van der Waals surface area contributed by atoms with Crippen molar-refractivity contribution in [2.24, 2.45) is 0 Å². The zero-order valence-electron chi connectivity index (χ0n) is 23.3. The summed E-state index contributed by atoms with van der Waals surface area (Å²) in [5.74, 6) is 0. The quantitative estimate of drug-likeness (QED) is 0.0760. The molecule has 0 fully saturated rings. The Kier molecular flexibility index (Phi) is 30.9. The molecule has 0 atom stereocenters. The van der Waals surface area contributed by atoms with E-state index in [2.05, 4.69) is 27.7 Å². The van der Waals surface area contributed by atoms with Crippen LogP contribution in [0.5, 0.6) is 0 Å². The molecule has 0 bridgehead atoms. The molecule has 0 saturated carbocycles. The molecule has 0 spiro atoms. The van der Waals surface area contributed by atoms with E-state index in [0.717, 1.165) is 0 Å². The van der Waals surface area contributed by atoms with Gasteiger partial charge in [0.1, 0.15) is 0 Å². The van der Waals surface area contributed by atoms with Gasteiger partial charge in [-0.15, -0.1) is 17.0 Å². The maximum atomic E-state index is 2.40. The van der Waals surface area contributed by atoms with Gasteiger partial charge < -0.3 is 0 Å². The van der Waals surface area contributed by atoms with Crippen molar-refractivity contribution in [1.82, 2.24) is 0 Å². The topological polar surface area (TPSA) is 0 Å². The molecule has 0 unspecified atom stereocenters.